The molecule has 0 radical (unpaired) electrons. The molecule has 4 heteroatoms. The molecule has 0 saturated heterocycles. The molecule has 0 saturated carbocycles. The summed E-state index contributed by atoms with van der Waals surface area (Å²) in [5.41, 5.74) is 1.90. The first-order valence-electron chi connectivity index (χ1n) is 6.24. The second-order valence-corrected chi connectivity index (χ2v) is 6.11. The van der Waals surface area contributed by atoms with Crippen LogP contribution in [0.25, 0.3) is 11.0 Å². The number of benzene rings is 1. The molecule has 2 rings (SSSR count). The third kappa shape index (κ3) is 2.24. The van der Waals surface area contributed by atoms with Crippen molar-refractivity contribution in [3.05, 3.63) is 29.0 Å². The number of halogens is 2. The van der Waals surface area contributed by atoms with Gasteiger partial charge in [0.15, 0.2) is 0 Å². The average molecular weight is 285 g/mol. The van der Waals surface area contributed by atoms with Gasteiger partial charge in [-0.05, 0) is 31.9 Å². The first kappa shape index (κ1) is 13.7. The van der Waals surface area contributed by atoms with Gasteiger partial charge in [-0.25, -0.2) is 4.98 Å². The quantitative estimate of drug-likeness (QED) is 0.708. The molecule has 0 aliphatic heterocycles. The van der Waals surface area contributed by atoms with Gasteiger partial charge in [0.2, 0.25) is 0 Å². The molecule has 0 aliphatic rings. The summed E-state index contributed by atoms with van der Waals surface area (Å²) >= 11 is 12.6. The molecule has 2 atom stereocenters. The van der Waals surface area contributed by atoms with Gasteiger partial charge in [0.05, 0.1) is 21.4 Å². The maximum atomic E-state index is 6.33. The van der Waals surface area contributed by atoms with Crippen molar-refractivity contribution in [2.24, 2.45) is 5.92 Å². The Morgan fingerprint density at radius 3 is 2.39 bits per heavy atom. The molecule has 0 amide bonds. The zero-order valence-electron chi connectivity index (χ0n) is 11.1. The van der Waals surface area contributed by atoms with Crippen LogP contribution in [0.2, 0.25) is 5.02 Å². The lowest BCUT2D eigenvalue weighted by atomic mass is 10.1. The van der Waals surface area contributed by atoms with Gasteiger partial charge in [0.1, 0.15) is 5.82 Å². The van der Waals surface area contributed by atoms with Gasteiger partial charge in [-0.1, -0.05) is 31.5 Å². The molecule has 98 valence electrons. The lowest BCUT2D eigenvalue weighted by Crippen LogP contribution is -2.15. The first-order chi connectivity index (χ1) is 8.43. The van der Waals surface area contributed by atoms with E-state index in [1.807, 2.05) is 25.1 Å². The monoisotopic (exact) mass is 284 g/mol. The Kier molecular flexibility index (Phi) is 3.88. The normalized spacial score (nSPS) is 15.3. The smallest absolute Gasteiger partial charge is 0.128 e. The van der Waals surface area contributed by atoms with Gasteiger partial charge in [-0.2, -0.15) is 0 Å². The number of aromatic nitrogens is 2. The van der Waals surface area contributed by atoms with Crippen LogP contribution >= 0.6 is 23.2 Å². The minimum absolute atomic E-state index is 0.130. The number of nitrogens with zero attached hydrogens (tertiary/aromatic N) is 2. The van der Waals surface area contributed by atoms with E-state index >= 15 is 0 Å². The van der Waals surface area contributed by atoms with Crippen molar-refractivity contribution in [3.63, 3.8) is 0 Å². The Bertz CT molecular complexity index is 558. The maximum absolute atomic E-state index is 6.33. The molecular weight excluding hydrogens is 267 g/mol. The van der Waals surface area contributed by atoms with Crippen molar-refractivity contribution in [2.75, 3.05) is 0 Å². The summed E-state index contributed by atoms with van der Waals surface area (Å²) in [6.45, 7) is 8.50. The lowest BCUT2D eigenvalue weighted by Gasteiger charge is -2.22. The number of rotatable bonds is 3. The van der Waals surface area contributed by atoms with Crippen LogP contribution in [0.5, 0.6) is 0 Å². The molecular formula is C14H18Cl2N2. The van der Waals surface area contributed by atoms with Gasteiger partial charge in [0.25, 0.3) is 0 Å². The second-order valence-electron chi connectivity index (χ2n) is 5.05. The van der Waals surface area contributed by atoms with Crippen LogP contribution in [0.4, 0.5) is 0 Å². The highest BCUT2D eigenvalue weighted by molar-refractivity contribution is 6.35. The van der Waals surface area contributed by atoms with Gasteiger partial charge < -0.3 is 4.57 Å². The Labute approximate surface area is 118 Å². The number of imidazole rings is 1. The fourth-order valence-corrected chi connectivity index (χ4v) is 2.53. The van der Waals surface area contributed by atoms with Crippen LogP contribution < -0.4 is 0 Å². The fraction of sp³-hybridized carbons (Fsp3) is 0.500. The van der Waals surface area contributed by atoms with E-state index in [0.29, 0.717) is 12.0 Å². The van der Waals surface area contributed by atoms with E-state index in [1.165, 1.54) is 0 Å². The third-order valence-corrected chi connectivity index (χ3v) is 3.92. The van der Waals surface area contributed by atoms with E-state index in [-0.39, 0.29) is 5.38 Å². The van der Waals surface area contributed by atoms with Gasteiger partial charge in [-0.15, -0.1) is 11.6 Å². The van der Waals surface area contributed by atoms with Crippen molar-refractivity contribution in [3.8, 4) is 0 Å². The zero-order chi connectivity index (χ0) is 13.4. The molecule has 0 N–H and O–H groups in total. The van der Waals surface area contributed by atoms with E-state index in [1.54, 1.807) is 0 Å². The van der Waals surface area contributed by atoms with Crippen molar-refractivity contribution < 1.29 is 0 Å². The summed E-state index contributed by atoms with van der Waals surface area (Å²) in [4.78, 5) is 4.62. The van der Waals surface area contributed by atoms with Crippen LogP contribution in [0.3, 0.4) is 0 Å². The maximum Gasteiger partial charge on any atom is 0.128 e. The summed E-state index contributed by atoms with van der Waals surface area (Å²) in [6.07, 6.45) is 0. The van der Waals surface area contributed by atoms with Crippen molar-refractivity contribution in [2.45, 2.75) is 39.1 Å². The summed E-state index contributed by atoms with van der Waals surface area (Å²) in [6, 6.07) is 6.11. The molecule has 18 heavy (non-hydrogen) atoms. The van der Waals surface area contributed by atoms with Crippen LogP contribution in [0.1, 0.15) is 44.9 Å². The topological polar surface area (TPSA) is 17.8 Å². The minimum atomic E-state index is -0.130. The molecule has 0 bridgehead atoms. The fourth-order valence-electron chi connectivity index (χ4n) is 2.12. The summed E-state index contributed by atoms with van der Waals surface area (Å²) in [7, 11) is 0. The second kappa shape index (κ2) is 5.10. The molecule has 2 aromatic rings. The molecule has 0 fully saturated rings. The highest BCUT2D eigenvalue weighted by atomic mass is 35.5. The molecule has 0 spiro atoms. The Morgan fingerprint density at radius 2 is 1.83 bits per heavy atom. The van der Waals surface area contributed by atoms with Crippen molar-refractivity contribution in [1.82, 2.24) is 9.55 Å². The summed E-state index contributed by atoms with van der Waals surface area (Å²) in [5, 5.41) is 0.603. The number of para-hydroxylation sites is 1. The van der Waals surface area contributed by atoms with Gasteiger partial charge in [-0.3, -0.25) is 0 Å². The minimum Gasteiger partial charge on any atom is -0.322 e. The predicted octanol–water partition coefficient (Wildman–Crippen LogP) is 5.21. The molecule has 0 aliphatic carbocycles. The van der Waals surface area contributed by atoms with Crippen LogP contribution in [-0.4, -0.2) is 9.55 Å². The highest BCUT2D eigenvalue weighted by Crippen LogP contribution is 2.34. The molecule has 2 nitrogen and oxygen atoms in total. The van der Waals surface area contributed by atoms with Crippen LogP contribution in [0.15, 0.2) is 18.2 Å². The number of hydrogen-bond donors (Lipinski definition) is 0. The van der Waals surface area contributed by atoms with Crippen LogP contribution in [-0.2, 0) is 0 Å². The molecule has 1 heterocycles. The van der Waals surface area contributed by atoms with E-state index < -0.39 is 0 Å². The Hall–Kier alpha value is -0.730. The first-order valence-corrected chi connectivity index (χ1v) is 7.05. The number of hydrogen-bond acceptors (Lipinski definition) is 1. The van der Waals surface area contributed by atoms with Gasteiger partial charge >= 0.3 is 0 Å². The molecule has 1 aromatic heterocycles. The van der Waals surface area contributed by atoms with Crippen molar-refractivity contribution >= 4 is 34.2 Å². The van der Waals surface area contributed by atoms with E-state index in [0.717, 1.165) is 21.9 Å². The largest absolute Gasteiger partial charge is 0.322 e. The van der Waals surface area contributed by atoms with Crippen molar-refractivity contribution in [1.29, 1.82) is 0 Å². The Morgan fingerprint density at radius 1 is 1.17 bits per heavy atom. The standard InChI is InChI=1S/C14H18Cl2N2/c1-8(2)10(4)18-13-11(16)6-5-7-12(13)17-14(18)9(3)15/h5-10H,1-4H3. The lowest BCUT2D eigenvalue weighted by molar-refractivity contribution is 0.405. The van der Waals surface area contributed by atoms with Crippen LogP contribution in [0, 0.1) is 5.92 Å². The third-order valence-electron chi connectivity index (χ3n) is 3.42. The molecule has 1 aromatic carbocycles. The van der Waals surface area contributed by atoms with E-state index in [4.69, 9.17) is 23.2 Å². The average Bonchev–Trinajstić information content (AvgIpc) is 2.68. The SMILES string of the molecule is CC(Cl)c1nc2cccc(Cl)c2n1C(C)C(C)C. The Balaban J connectivity index is 2.77. The highest BCUT2D eigenvalue weighted by Gasteiger charge is 2.22. The summed E-state index contributed by atoms with van der Waals surface area (Å²) < 4.78 is 2.18. The van der Waals surface area contributed by atoms with E-state index in [2.05, 4.69) is 30.3 Å². The van der Waals surface area contributed by atoms with E-state index in [9.17, 15) is 0 Å². The van der Waals surface area contributed by atoms with Gasteiger partial charge in [0, 0.05) is 6.04 Å². The number of fused-ring (bicyclic) bond motifs is 1. The summed E-state index contributed by atoms with van der Waals surface area (Å²) in [5.74, 6) is 1.38. The zero-order valence-corrected chi connectivity index (χ0v) is 12.6. The molecule has 2 unspecified atom stereocenters. The predicted molar refractivity (Wildman–Crippen MR) is 78.6 cm³/mol. The number of alkyl halides is 1.